The van der Waals surface area contributed by atoms with Gasteiger partial charge < -0.3 is 5.32 Å². The largest absolute Gasteiger partial charge is 0.378 e. The number of rotatable bonds is 4. The van der Waals surface area contributed by atoms with Crippen molar-refractivity contribution in [2.24, 2.45) is 0 Å². The van der Waals surface area contributed by atoms with Crippen LogP contribution in [0.15, 0.2) is 47.5 Å². The number of nitriles is 1. The highest BCUT2D eigenvalue weighted by Crippen LogP contribution is 2.26. The van der Waals surface area contributed by atoms with E-state index in [-0.39, 0.29) is 0 Å². The van der Waals surface area contributed by atoms with Gasteiger partial charge in [0.05, 0.1) is 23.5 Å². The number of hydrogen-bond donors (Lipinski definition) is 1. The third kappa shape index (κ3) is 2.82. The smallest absolute Gasteiger partial charge is 0.102 e. The molecule has 1 aromatic carbocycles. The minimum absolute atomic E-state index is 0.618. The van der Waals surface area contributed by atoms with E-state index >= 15 is 0 Å². The first-order chi connectivity index (χ1) is 8.85. The quantitative estimate of drug-likeness (QED) is 0.852. The molecule has 0 aliphatic heterocycles. The van der Waals surface area contributed by atoms with Gasteiger partial charge in [-0.25, -0.2) is 0 Å². The Morgan fingerprint density at radius 3 is 2.83 bits per heavy atom. The standard InChI is InChI=1S/C14H13N3S/c1-18-14-7-4-6-13(12(14)9-15)17-10-11-5-2-3-8-16-11/h2-8,17H,10H2,1H3. The van der Waals surface area contributed by atoms with Crippen LogP contribution in [0.5, 0.6) is 0 Å². The summed E-state index contributed by atoms with van der Waals surface area (Å²) in [5.41, 5.74) is 2.51. The maximum Gasteiger partial charge on any atom is 0.102 e. The van der Waals surface area contributed by atoms with Gasteiger partial charge in [-0.2, -0.15) is 5.26 Å². The van der Waals surface area contributed by atoms with E-state index in [1.165, 1.54) is 0 Å². The summed E-state index contributed by atoms with van der Waals surface area (Å²) in [5, 5.41) is 12.5. The number of nitrogens with one attached hydrogen (secondary N) is 1. The van der Waals surface area contributed by atoms with Gasteiger partial charge in [0.15, 0.2) is 0 Å². The molecule has 1 N–H and O–H groups in total. The molecule has 0 saturated heterocycles. The lowest BCUT2D eigenvalue weighted by Crippen LogP contribution is -2.03. The molecule has 2 rings (SSSR count). The Kier molecular flexibility index (Phi) is 4.21. The van der Waals surface area contributed by atoms with Gasteiger partial charge in [-0.3, -0.25) is 4.98 Å². The third-order valence-corrected chi connectivity index (χ3v) is 3.32. The number of hydrogen-bond acceptors (Lipinski definition) is 4. The molecule has 2 aromatic rings. The van der Waals surface area contributed by atoms with E-state index in [9.17, 15) is 5.26 Å². The van der Waals surface area contributed by atoms with Crippen molar-refractivity contribution in [2.45, 2.75) is 11.4 Å². The molecule has 90 valence electrons. The van der Waals surface area contributed by atoms with E-state index in [1.807, 2.05) is 42.7 Å². The second-order valence-electron chi connectivity index (χ2n) is 3.67. The minimum atomic E-state index is 0.618. The van der Waals surface area contributed by atoms with E-state index in [1.54, 1.807) is 18.0 Å². The number of pyridine rings is 1. The van der Waals surface area contributed by atoms with Crippen LogP contribution in [0.1, 0.15) is 11.3 Å². The van der Waals surface area contributed by atoms with Crippen molar-refractivity contribution in [2.75, 3.05) is 11.6 Å². The average Bonchev–Trinajstić information content (AvgIpc) is 2.45. The van der Waals surface area contributed by atoms with Crippen LogP contribution < -0.4 is 5.32 Å². The van der Waals surface area contributed by atoms with Gasteiger partial charge in [-0.05, 0) is 30.5 Å². The van der Waals surface area contributed by atoms with Crippen LogP contribution in [-0.4, -0.2) is 11.2 Å². The highest BCUT2D eigenvalue weighted by atomic mass is 32.2. The van der Waals surface area contributed by atoms with E-state index in [0.29, 0.717) is 12.1 Å². The molecule has 3 nitrogen and oxygen atoms in total. The van der Waals surface area contributed by atoms with Crippen LogP contribution in [0.3, 0.4) is 0 Å². The zero-order chi connectivity index (χ0) is 12.8. The first-order valence-corrected chi connectivity index (χ1v) is 6.78. The molecule has 18 heavy (non-hydrogen) atoms. The lowest BCUT2D eigenvalue weighted by molar-refractivity contribution is 1.04. The van der Waals surface area contributed by atoms with Crippen LogP contribution in [0, 0.1) is 11.3 Å². The topological polar surface area (TPSA) is 48.7 Å². The maximum atomic E-state index is 9.21. The second kappa shape index (κ2) is 6.08. The molecule has 0 bridgehead atoms. The minimum Gasteiger partial charge on any atom is -0.378 e. The van der Waals surface area contributed by atoms with E-state index in [0.717, 1.165) is 16.3 Å². The monoisotopic (exact) mass is 255 g/mol. The Morgan fingerprint density at radius 1 is 1.28 bits per heavy atom. The van der Waals surface area contributed by atoms with Gasteiger partial charge in [0.2, 0.25) is 0 Å². The van der Waals surface area contributed by atoms with Crippen molar-refractivity contribution < 1.29 is 0 Å². The molecule has 0 atom stereocenters. The molecule has 0 aliphatic carbocycles. The SMILES string of the molecule is CSc1cccc(NCc2ccccn2)c1C#N. The van der Waals surface area contributed by atoms with Gasteiger partial charge in [-0.15, -0.1) is 11.8 Å². The molecular formula is C14H13N3S. The van der Waals surface area contributed by atoms with Crippen LogP contribution in [0.4, 0.5) is 5.69 Å². The fourth-order valence-corrected chi connectivity index (χ4v) is 2.23. The van der Waals surface area contributed by atoms with Crippen molar-refractivity contribution >= 4 is 17.4 Å². The van der Waals surface area contributed by atoms with E-state index < -0.39 is 0 Å². The Labute approximate surface area is 111 Å². The Hall–Kier alpha value is -1.99. The zero-order valence-electron chi connectivity index (χ0n) is 10.1. The fourth-order valence-electron chi connectivity index (χ4n) is 1.65. The summed E-state index contributed by atoms with van der Waals surface area (Å²) >= 11 is 1.58. The summed E-state index contributed by atoms with van der Waals surface area (Å²) in [5.74, 6) is 0. The summed E-state index contributed by atoms with van der Waals surface area (Å²) in [6, 6.07) is 13.9. The van der Waals surface area contributed by atoms with Crippen LogP contribution in [0.2, 0.25) is 0 Å². The van der Waals surface area contributed by atoms with E-state index in [2.05, 4.69) is 16.4 Å². The van der Waals surface area contributed by atoms with Gasteiger partial charge in [0.1, 0.15) is 6.07 Å². The molecule has 0 radical (unpaired) electrons. The summed E-state index contributed by atoms with van der Waals surface area (Å²) in [4.78, 5) is 5.23. The molecule has 0 fully saturated rings. The predicted octanol–water partition coefficient (Wildman–Crippen LogP) is 3.29. The Morgan fingerprint density at radius 2 is 2.17 bits per heavy atom. The lowest BCUT2D eigenvalue weighted by atomic mass is 10.2. The van der Waals surface area contributed by atoms with Gasteiger partial charge >= 0.3 is 0 Å². The third-order valence-electron chi connectivity index (χ3n) is 2.54. The van der Waals surface area contributed by atoms with Gasteiger partial charge in [0, 0.05) is 11.1 Å². The fraction of sp³-hybridized carbons (Fsp3) is 0.143. The van der Waals surface area contributed by atoms with Crippen molar-refractivity contribution in [1.82, 2.24) is 4.98 Å². The Balaban J connectivity index is 2.17. The van der Waals surface area contributed by atoms with Crippen molar-refractivity contribution in [3.05, 3.63) is 53.9 Å². The number of thioether (sulfide) groups is 1. The average molecular weight is 255 g/mol. The summed E-state index contributed by atoms with van der Waals surface area (Å²) in [6.45, 7) is 0.618. The number of benzene rings is 1. The first-order valence-electron chi connectivity index (χ1n) is 5.56. The van der Waals surface area contributed by atoms with E-state index in [4.69, 9.17) is 0 Å². The highest BCUT2D eigenvalue weighted by molar-refractivity contribution is 7.98. The summed E-state index contributed by atoms with van der Waals surface area (Å²) in [6.07, 6.45) is 3.74. The maximum absolute atomic E-state index is 9.21. The molecule has 0 aliphatic rings. The predicted molar refractivity (Wildman–Crippen MR) is 74.5 cm³/mol. The summed E-state index contributed by atoms with van der Waals surface area (Å²) < 4.78 is 0. The number of nitrogens with zero attached hydrogens (tertiary/aromatic N) is 2. The van der Waals surface area contributed by atoms with Crippen molar-refractivity contribution in [3.63, 3.8) is 0 Å². The second-order valence-corrected chi connectivity index (χ2v) is 4.52. The molecule has 1 heterocycles. The van der Waals surface area contributed by atoms with Crippen LogP contribution >= 0.6 is 11.8 Å². The molecule has 1 aromatic heterocycles. The zero-order valence-corrected chi connectivity index (χ0v) is 10.9. The summed E-state index contributed by atoms with van der Waals surface area (Å²) in [7, 11) is 0. The molecule has 0 unspecified atom stereocenters. The normalized spacial score (nSPS) is 9.78. The Bertz CT molecular complexity index is 561. The van der Waals surface area contributed by atoms with Gasteiger partial charge in [-0.1, -0.05) is 12.1 Å². The molecule has 0 saturated carbocycles. The number of aromatic nitrogens is 1. The first kappa shape index (κ1) is 12.5. The lowest BCUT2D eigenvalue weighted by Gasteiger charge is -2.10. The van der Waals surface area contributed by atoms with Crippen molar-refractivity contribution in [1.29, 1.82) is 5.26 Å². The van der Waals surface area contributed by atoms with Crippen LogP contribution in [0.25, 0.3) is 0 Å². The number of anilines is 1. The van der Waals surface area contributed by atoms with Crippen molar-refractivity contribution in [3.8, 4) is 6.07 Å². The highest BCUT2D eigenvalue weighted by Gasteiger charge is 2.06. The molecule has 0 spiro atoms. The molecule has 0 amide bonds. The van der Waals surface area contributed by atoms with Crippen LogP contribution in [-0.2, 0) is 6.54 Å². The molecule has 4 heteroatoms. The van der Waals surface area contributed by atoms with Gasteiger partial charge in [0.25, 0.3) is 0 Å². The molecular weight excluding hydrogens is 242 g/mol.